The lowest BCUT2D eigenvalue weighted by molar-refractivity contribution is 0.410. The van der Waals surface area contributed by atoms with Crippen LogP contribution in [0.15, 0.2) is 23.1 Å². The van der Waals surface area contributed by atoms with Crippen LogP contribution in [0.5, 0.6) is 5.75 Å². The molecular weight excluding hydrogens is 304 g/mol. The summed E-state index contributed by atoms with van der Waals surface area (Å²) in [4.78, 5) is 14.2. The van der Waals surface area contributed by atoms with Crippen LogP contribution in [0.25, 0.3) is 10.8 Å². The summed E-state index contributed by atoms with van der Waals surface area (Å²) in [6.45, 7) is 2.72. The molecule has 2 heterocycles. The highest BCUT2D eigenvalue weighted by Gasteiger charge is 2.20. The van der Waals surface area contributed by atoms with Gasteiger partial charge in [0.05, 0.1) is 18.7 Å². The third-order valence-electron chi connectivity index (χ3n) is 4.25. The summed E-state index contributed by atoms with van der Waals surface area (Å²) in [5, 5.41) is 7.67. The minimum absolute atomic E-state index is 0. The fourth-order valence-corrected chi connectivity index (χ4v) is 2.95. The zero-order valence-electron chi connectivity index (χ0n) is 12.5. The second-order valence-corrected chi connectivity index (χ2v) is 5.48. The van der Waals surface area contributed by atoms with Crippen molar-refractivity contribution < 1.29 is 4.74 Å². The van der Waals surface area contributed by atoms with Gasteiger partial charge in [-0.1, -0.05) is 0 Å². The maximum atomic E-state index is 11.9. The highest BCUT2D eigenvalue weighted by Crippen LogP contribution is 2.31. The zero-order chi connectivity index (χ0) is 14.8. The van der Waals surface area contributed by atoms with Gasteiger partial charge in [0.15, 0.2) is 0 Å². The van der Waals surface area contributed by atoms with E-state index in [-0.39, 0.29) is 18.0 Å². The van der Waals surface area contributed by atoms with Crippen molar-refractivity contribution in [3.8, 4) is 5.75 Å². The molecule has 1 fully saturated rings. The van der Waals surface area contributed by atoms with Crippen molar-refractivity contribution in [1.82, 2.24) is 10.2 Å². The number of hydrogen-bond acceptors (Lipinski definition) is 5. The number of fused-ring (bicyclic) bond motifs is 1. The Morgan fingerprint density at radius 3 is 2.77 bits per heavy atom. The summed E-state index contributed by atoms with van der Waals surface area (Å²) < 4.78 is 5.39. The Bertz CT molecular complexity index is 695. The first-order valence-corrected chi connectivity index (χ1v) is 7.23. The van der Waals surface area contributed by atoms with Gasteiger partial charge in [-0.15, -0.1) is 12.4 Å². The predicted octanol–water partition coefficient (Wildman–Crippen LogP) is 1.53. The van der Waals surface area contributed by atoms with E-state index in [1.165, 1.54) is 0 Å². The van der Waals surface area contributed by atoms with Crippen LogP contribution >= 0.6 is 12.4 Å². The van der Waals surface area contributed by atoms with Crippen LogP contribution < -0.4 is 20.9 Å². The van der Waals surface area contributed by atoms with E-state index in [2.05, 4.69) is 15.1 Å². The second kappa shape index (κ2) is 6.98. The van der Waals surface area contributed by atoms with Crippen LogP contribution in [0.4, 0.5) is 5.69 Å². The number of rotatable bonds is 3. The van der Waals surface area contributed by atoms with Crippen molar-refractivity contribution >= 4 is 28.9 Å². The number of nitrogens with two attached hydrogens (primary N) is 1. The van der Waals surface area contributed by atoms with Crippen LogP contribution in [-0.2, 0) is 0 Å². The molecule has 22 heavy (non-hydrogen) atoms. The number of ether oxygens (including phenoxy) is 1. The number of benzene rings is 1. The summed E-state index contributed by atoms with van der Waals surface area (Å²) in [6.07, 6.45) is 3.87. The first-order chi connectivity index (χ1) is 10.2. The van der Waals surface area contributed by atoms with Crippen molar-refractivity contribution in [3.05, 3.63) is 28.7 Å². The highest BCUT2D eigenvalue weighted by atomic mass is 35.5. The first-order valence-electron chi connectivity index (χ1n) is 7.23. The molecule has 6 nitrogen and oxygen atoms in total. The quantitative estimate of drug-likeness (QED) is 0.894. The SMILES string of the molecule is COc1cc(N2CCC(CN)CC2)cc2cn[nH]c(=O)c12.Cl. The lowest BCUT2D eigenvalue weighted by Crippen LogP contribution is -2.36. The molecule has 0 spiro atoms. The van der Waals surface area contributed by atoms with Gasteiger partial charge in [-0.3, -0.25) is 4.79 Å². The van der Waals surface area contributed by atoms with Crippen molar-refractivity contribution in [2.24, 2.45) is 11.7 Å². The molecule has 3 N–H and O–H groups in total. The molecule has 0 unspecified atom stereocenters. The van der Waals surface area contributed by atoms with E-state index in [1.807, 2.05) is 12.1 Å². The Morgan fingerprint density at radius 2 is 2.14 bits per heavy atom. The standard InChI is InChI=1S/C15H20N4O2.ClH/c1-21-13-7-12(19-4-2-10(8-16)3-5-19)6-11-9-17-18-15(20)14(11)13;/h6-7,9-10H,2-5,8,16H2,1H3,(H,18,20);1H. The number of aromatic nitrogens is 2. The molecule has 0 atom stereocenters. The Morgan fingerprint density at radius 1 is 1.41 bits per heavy atom. The summed E-state index contributed by atoms with van der Waals surface area (Å²) in [5.74, 6) is 1.21. The monoisotopic (exact) mass is 324 g/mol. The maximum absolute atomic E-state index is 11.9. The molecule has 1 aromatic heterocycles. The van der Waals surface area contributed by atoms with E-state index in [0.717, 1.165) is 43.5 Å². The molecule has 0 amide bonds. The molecule has 0 aliphatic carbocycles. The van der Waals surface area contributed by atoms with Gasteiger partial charge in [0.25, 0.3) is 5.56 Å². The molecule has 1 aliphatic heterocycles. The van der Waals surface area contributed by atoms with Gasteiger partial charge in [-0.25, -0.2) is 5.10 Å². The number of anilines is 1. The topological polar surface area (TPSA) is 84.2 Å². The summed E-state index contributed by atoms with van der Waals surface area (Å²) in [7, 11) is 1.58. The van der Waals surface area contributed by atoms with Gasteiger partial charge in [0.1, 0.15) is 5.75 Å². The average molecular weight is 325 g/mol. The van der Waals surface area contributed by atoms with E-state index in [9.17, 15) is 4.79 Å². The minimum Gasteiger partial charge on any atom is -0.496 e. The second-order valence-electron chi connectivity index (χ2n) is 5.48. The third-order valence-corrected chi connectivity index (χ3v) is 4.25. The van der Waals surface area contributed by atoms with Crippen LogP contribution in [0.3, 0.4) is 0 Å². The van der Waals surface area contributed by atoms with E-state index >= 15 is 0 Å². The lowest BCUT2D eigenvalue weighted by Gasteiger charge is -2.33. The normalized spacial score (nSPS) is 15.6. The lowest BCUT2D eigenvalue weighted by atomic mass is 9.96. The number of nitrogens with one attached hydrogen (secondary N) is 1. The van der Waals surface area contributed by atoms with E-state index in [0.29, 0.717) is 17.1 Å². The first kappa shape index (κ1) is 16.6. The van der Waals surface area contributed by atoms with Gasteiger partial charge in [0, 0.05) is 30.2 Å². The summed E-state index contributed by atoms with van der Waals surface area (Å²) >= 11 is 0. The van der Waals surface area contributed by atoms with E-state index in [4.69, 9.17) is 10.5 Å². The summed E-state index contributed by atoms with van der Waals surface area (Å²) in [6, 6.07) is 3.93. The number of methoxy groups -OCH3 is 1. The maximum Gasteiger partial charge on any atom is 0.275 e. The Kier molecular flexibility index (Phi) is 5.26. The largest absolute Gasteiger partial charge is 0.496 e. The average Bonchev–Trinajstić information content (AvgIpc) is 2.54. The minimum atomic E-state index is -0.224. The van der Waals surface area contributed by atoms with Crippen LogP contribution in [0, 0.1) is 5.92 Å². The van der Waals surface area contributed by atoms with Crippen molar-refractivity contribution in [3.63, 3.8) is 0 Å². The van der Waals surface area contributed by atoms with Gasteiger partial charge < -0.3 is 15.4 Å². The van der Waals surface area contributed by atoms with Gasteiger partial charge in [-0.2, -0.15) is 5.10 Å². The molecule has 0 radical (unpaired) electrons. The molecular formula is C15H21ClN4O2. The number of aromatic amines is 1. The third kappa shape index (κ3) is 3.03. The van der Waals surface area contributed by atoms with E-state index in [1.54, 1.807) is 13.3 Å². The molecule has 7 heteroatoms. The van der Waals surface area contributed by atoms with Crippen molar-refractivity contribution in [2.45, 2.75) is 12.8 Å². The van der Waals surface area contributed by atoms with Crippen LogP contribution in [0.1, 0.15) is 12.8 Å². The number of hydrogen-bond donors (Lipinski definition) is 2. The Hall–Kier alpha value is -1.79. The highest BCUT2D eigenvalue weighted by molar-refractivity contribution is 5.90. The van der Waals surface area contributed by atoms with Crippen molar-refractivity contribution in [1.29, 1.82) is 0 Å². The van der Waals surface area contributed by atoms with Gasteiger partial charge in [-0.05, 0) is 31.4 Å². The van der Waals surface area contributed by atoms with Crippen molar-refractivity contribution in [2.75, 3.05) is 31.6 Å². The number of piperidine rings is 1. The molecule has 0 bridgehead atoms. The van der Waals surface area contributed by atoms with Gasteiger partial charge in [0.2, 0.25) is 0 Å². The van der Waals surface area contributed by atoms with E-state index < -0.39 is 0 Å². The molecule has 0 saturated carbocycles. The Labute approximate surface area is 135 Å². The van der Waals surface area contributed by atoms with Gasteiger partial charge >= 0.3 is 0 Å². The Balaban J connectivity index is 0.00000176. The van der Waals surface area contributed by atoms with Crippen LogP contribution in [0.2, 0.25) is 0 Å². The number of nitrogens with zero attached hydrogens (tertiary/aromatic N) is 2. The zero-order valence-corrected chi connectivity index (χ0v) is 13.4. The van der Waals surface area contributed by atoms with Crippen LogP contribution in [-0.4, -0.2) is 36.9 Å². The molecule has 1 saturated heterocycles. The molecule has 120 valence electrons. The molecule has 3 rings (SSSR count). The fraction of sp³-hybridized carbons (Fsp3) is 0.467. The number of H-pyrrole nitrogens is 1. The fourth-order valence-electron chi connectivity index (χ4n) is 2.95. The molecule has 1 aliphatic rings. The smallest absolute Gasteiger partial charge is 0.275 e. The molecule has 1 aromatic carbocycles. The predicted molar refractivity (Wildman–Crippen MR) is 90.2 cm³/mol. The number of halogens is 1. The molecule has 2 aromatic rings. The summed E-state index contributed by atoms with van der Waals surface area (Å²) in [5.41, 5.74) is 6.59.